The minimum absolute atomic E-state index is 0.0104. The molecule has 0 bridgehead atoms. The highest BCUT2D eigenvalue weighted by atomic mass is 28.4. The van der Waals surface area contributed by atoms with E-state index in [9.17, 15) is 0 Å². The molecule has 0 saturated heterocycles. The molecule has 0 spiro atoms. The molecule has 0 saturated carbocycles. The lowest BCUT2D eigenvalue weighted by atomic mass is 9.91. The molecule has 7 heteroatoms. The summed E-state index contributed by atoms with van der Waals surface area (Å²) in [5.74, 6) is 1.72. The summed E-state index contributed by atoms with van der Waals surface area (Å²) in [5, 5.41) is 2.18. The number of hydrogen-bond donors (Lipinski definition) is 0. The van der Waals surface area contributed by atoms with Crippen LogP contribution in [0.1, 0.15) is 86.2 Å². The third kappa shape index (κ3) is 6.96. The highest BCUT2D eigenvalue weighted by molar-refractivity contribution is 6.77. The van der Waals surface area contributed by atoms with Crippen LogP contribution in [0, 0.1) is 0 Å². The van der Waals surface area contributed by atoms with E-state index in [2.05, 4.69) is 106 Å². The van der Waals surface area contributed by atoms with E-state index in [0.29, 0.717) is 29.8 Å². The monoisotopic (exact) mass is 600 g/mol. The first-order chi connectivity index (χ1) is 19.1. The van der Waals surface area contributed by atoms with E-state index >= 15 is 0 Å². The summed E-state index contributed by atoms with van der Waals surface area (Å²) in [6.07, 6.45) is 2.85. The first kappa shape index (κ1) is 33.9. The van der Waals surface area contributed by atoms with E-state index in [1.54, 1.807) is 13.2 Å². The second kappa shape index (κ2) is 13.3. The van der Waals surface area contributed by atoms with Crippen molar-refractivity contribution >= 4 is 27.4 Å². The maximum Gasteiger partial charge on any atom is 0.250 e. The standard InChI is InChI=1S/C34H56O5Si2/c1-14-19-36-32-28-16-15-17-30(39-40(12,13)34(8,9)10)29(28)22-26-21-27(38-33(35-11)31(26)32)18-20-37-41(23(2)3,24(4)5)25(6)7/h14-17,22-25,27,33H,1,18-21H2,2-13H3/t27-,33+/m0/s1. The fourth-order valence-electron chi connectivity index (χ4n) is 6.42. The third-order valence-electron chi connectivity index (χ3n) is 9.45. The Balaban J connectivity index is 2.02. The van der Waals surface area contributed by atoms with Gasteiger partial charge in [-0.1, -0.05) is 87.1 Å². The zero-order chi connectivity index (χ0) is 30.8. The zero-order valence-corrected chi connectivity index (χ0v) is 29.9. The maximum atomic E-state index is 6.89. The van der Waals surface area contributed by atoms with Gasteiger partial charge in [-0.3, -0.25) is 0 Å². The quantitative estimate of drug-likeness (QED) is 0.169. The molecule has 1 heterocycles. The number of ether oxygens (including phenoxy) is 3. The van der Waals surface area contributed by atoms with Crippen LogP contribution in [0.2, 0.25) is 34.8 Å². The summed E-state index contributed by atoms with van der Waals surface area (Å²) >= 11 is 0. The molecule has 2 aromatic rings. The van der Waals surface area contributed by atoms with Crippen LogP contribution in [0.4, 0.5) is 0 Å². The highest BCUT2D eigenvalue weighted by Gasteiger charge is 2.45. The molecule has 1 aliphatic heterocycles. The van der Waals surface area contributed by atoms with Crippen molar-refractivity contribution < 1.29 is 23.1 Å². The van der Waals surface area contributed by atoms with Gasteiger partial charge in [-0.05, 0) is 65.3 Å². The third-order valence-corrected chi connectivity index (χ3v) is 19.9. The van der Waals surface area contributed by atoms with Crippen molar-refractivity contribution in [1.82, 2.24) is 0 Å². The fraction of sp³-hybridized carbons (Fsp3) is 0.647. The van der Waals surface area contributed by atoms with Gasteiger partial charge >= 0.3 is 0 Å². The predicted octanol–water partition coefficient (Wildman–Crippen LogP) is 9.96. The zero-order valence-electron chi connectivity index (χ0n) is 27.9. The van der Waals surface area contributed by atoms with Crippen LogP contribution in [-0.4, -0.2) is 43.1 Å². The minimum Gasteiger partial charge on any atom is -0.543 e. The second-order valence-electron chi connectivity index (χ2n) is 14.1. The molecule has 41 heavy (non-hydrogen) atoms. The Labute approximate surface area is 252 Å². The molecule has 0 N–H and O–H groups in total. The molecule has 0 fully saturated rings. The summed E-state index contributed by atoms with van der Waals surface area (Å²) in [6, 6.07) is 8.54. The Bertz CT molecular complexity index is 1160. The summed E-state index contributed by atoms with van der Waals surface area (Å²) < 4.78 is 32.6. The van der Waals surface area contributed by atoms with Gasteiger partial charge in [0, 0.05) is 24.5 Å². The number of fused-ring (bicyclic) bond motifs is 2. The summed E-state index contributed by atoms with van der Waals surface area (Å²) in [4.78, 5) is 0. The van der Waals surface area contributed by atoms with Gasteiger partial charge < -0.3 is 23.1 Å². The number of hydrogen-bond acceptors (Lipinski definition) is 5. The van der Waals surface area contributed by atoms with Crippen LogP contribution >= 0.6 is 0 Å². The van der Waals surface area contributed by atoms with Crippen molar-refractivity contribution in [1.29, 1.82) is 0 Å². The van der Waals surface area contributed by atoms with Crippen molar-refractivity contribution in [2.24, 2.45) is 0 Å². The summed E-state index contributed by atoms with van der Waals surface area (Å²) in [7, 11) is -2.29. The fourth-order valence-corrected chi connectivity index (χ4v) is 12.9. The van der Waals surface area contributed by atoms with Gasteiger partial charge in [0.15, 0.2) is 14.6 Å². The first-order valence-corrected chi connectivity index (χ1v) is 20.5. The second-order valence-corrected chi connectivity index (χ2v) is 24.3. The van der Waals surface area contributed by atoms with E-state index < -0.39 is 22.9 Å². The Morgan fingerprint density at radius 3 is 2.20 bits per heavy atom. The molecular formula is C34H56O5Si2. The van der Waals surface area contributed by atoms with Gasteiger partial charge in [0.05, 0.1) is 11.7 Å². The van der Waals surface area contributed by atoms with E-state index in [1.165, 1.54) is 5.56 Å². The van der Waals surface area contributed by atoms with Crippen LogP contribution in [0.3, 0.4) is 0 Å². The Kier molecular flexibility index (Phi) is 11.0. The topological polar surface area (TPSA) is 46.2 Å². The molecule has 1 aliphatic rings. The molecular weight excluding hydrogens is 545 g/mol. The smallest absolute Gasteiger partial charge is 0.250 e. The Morgan fingerprint density at radius 1 is 1.02 bits per heavy atom. The van der Waals surface area contributed by atoms with Gasteiger partial charge in [-0.2, -0.15) is 0 Å². The van der Waals surface area contributed by atoms with Crippen LogP contribution in [0.25, 0.3) is 10.8 Å². The molecule has 2 atom stereocenters. The molecule has 5 nitrogen and oxygen atoms in total. The largest absolute Gasteiger partial charge is 0.543 e. The van der Waals surface area contributed by atoms with Crippen molar-refractivity contribution in [2.45, 2.75) is 122 Å². The van der Waals surface area contributed by atoms with Crippen molar-refractivity contribution in [3.8, 4) is 11.5 Å². The van der Waals surface area contributed by atoms with Crippen LogP contribution in [0.5, 0.6) is 11.5 Å². The Hall–Kier alpha value is -1.65. The highest BCUT2D eigenvalue weighted by Crippen LogP contribution is 2.47. The molecule has 0 aromatic heterocycles. The molecule has 3 rings (SSSR count). The van der Waals surface area contributed by atoms with Crippen molar-refractivity contribution in [3.63, 3.8) is 0 Å². The maximum absolute atomic E-state index is 6.89. The molecule has 0 amide bonds. The van der Waals surface area contributed by atoms with Crippen LogP contribution < -0.4 is 9.16 Å². The summed E-state index contributed by atoms with van der Waals surface area (Å²) in [6.45, 7) is 30.4. The van der Waals surface area contributed by atoms with Crippen LogP contribution in [0.15, 0.2) is 36.9 Å². The average molecular weight is 601 g/mol. The predicted molar refractivity (Wildman–Crippen MR) is 177 cm³/mol. The molecule has 0 unspecified atom stereocenters. The van der Waals surface area contributed by atoms with E-state index in [1.807, 2.05) is 0 Å². The van der Waals surface area contributed by atoms with E-state index in [4.69, 9.17) is 23.1 Å². The van der Waals surface area contributed by atoms with E-state index in [0.717, 1.165) is 40.7 Å². The average Bonchev–Trinajstić information content (AvgIpc) is 2.87. The normalized spacial score (nSPS) is 18.3. The van der Waals surface area contributed by atoms with Gasteiger partial charge in [-0.25, -0.2) is 0 Å². The van der Waals surface area contributed by atoms with Crippen LogP contribution in [-0.2, 0) is 20.3 Å². The van der Waals surface area contributed by atoms with Gasteiger partial charge in [-0.15, -0.1) is 0 Å². The Morgan fingerprint density at radius 2 is 1.66 bits per heavy atom. The molecule has 230 valence electrons. The number of rotatable bonds is 13. The number of methoxy groups -OCH3 is 1. The lowest BCUT2D eigenvalue weighted by molar-refractivity contribution is -0.171. The summed E-state index contributed by atoms with van der Waals surface area (Å²) in [5.41, 5.74) is 3.82. The van der Waals surface area contributed by atoms with Gasteiger partial charge in [0.2, 0.25) is 0 Å². The molecule has 2 aromatic carbocycles. The SMILES string of the molecule is C=CCOc1c2c(cc3c(O[Si](C)(C)C(C)(C)C)cccc13)C[C@H](CCO[Si](C(C)C)(C(C)C)C(C)C)O[C@H]2OC. The molecule has 0 radical (unpaired) electrons. The van der Waals surface area contributed by atoms with Gasteiger partial charge in [0.25, 0.3) is 8.32 Å². The van der Waals surface area contributed by atoms with Crippen molar-refractivity contribution in [2.75, 3.05) is 20.3 Å². The molecule has 0 aliphatic carbocycles. The number of benzene rings is 2. The van der Waals surface area contributed by atoms with Crippen molar-refractivity contribution in [3.05, 3.63) is 48.0 Å². The first-order valence-electron chi connectivity index (χ1n) is 15.4. The van der Waals surface area contributed by atoms with Gasteiger partial charge in [0.1, 0.15) is 18.1 Å². The minimum atomic E-state index is -2.06. The lowest BCUT2D eigenvalue weighted by Crippen LogP contribution is -2.48. The van der Waals surface area contributed by atoms with E-state index in [-0.39, 0.29) is 11.1 Å². The lowest BCUT2D eigenvalue weighted by Gasteiger charge is -2.42.